The van der Waals surface area contributed by atoms with Gasteiger partial charge in [0, 0.05) is 34.0 Å². The molecular weight excluding hydrogens is 599 g/mol. The van der Waals surface area contributed by atoms with Gasteiger partial charge in [-0.2, -0.15) is 0 Å². The average Bonchev–Trinajstić information content (AvgIpc) is 2.87. The van der Waals surface area contributed by atoms with E-state index in [0.717, 1.165) is 22.9 Å². The zero-order valence-corrected chi connectivity index (χ0v) is 24.2. The summed E-state index contributed by atoms with van der Waals surface area (Å²) in [6, 6.07) is 19.0. The Morgan fingerprint density at radius 3 is 2.43 bits per heavy atom. The Hall–Kier alpha value is -2.25. The van der Waals surface area contributed by atoms with Gasteiger partial charge in [-0.05, 0) is 47.9 Å². The lowest BCUT2D eigenvalue weighted by molar-refractivity contribution is -0.142. The predicted octanol–water partition coefficient (Wildman–Crippen LogP) is 7.34. The van der Waals surface area contributed by atoms with Crippen molar-refractivity contribution in [2.75, 3.05) is 13.2 Å². The van der Waals surface area contributed by atoms with Crippen LogP contribution in [0.3, 0.4) is 0 Å². The van der Waals surface area contributed by atoms with Gasteiger partial charge < -0.3 is 15.0 Å². The van der Waals surface area contributed by atoms with Crippen LogP contribution in [-0.4, -0.2) is 35.9 Å². The lowest BCUT2D eigenvalue weighted by Crippen LogP contribution is -2.51. The zero-order chi connectivity index (χ0) is 26.8. The van der Waals surface area contributed by atoms with Crippen molar-refractivity contribution >= 4 is 62.5 Å². The molecule has 0 bridgehead atoms. The Morgan fingerprint density at radius 1 is 1.00 bits per heavy atom. The van der Waals surface area contributed by atoms with E-state index in [1.807, 2.05) is 30.3 Å². The summed E-state index contributed by atoms with van der Waals surface area (Å²) in [5, 5.41) is 4.25. The number of carbonyl (C=O) groups excluding carboxylic acids is 2. The standard InChI is InChI=1S/C28H28BrCl3N2O3/c1-2-3-13-33-28(36)25(14-19-7-5-4-6-8-19)34(17-20-9-11-22(30)16-23(20)31)27(35)18-37-26-12-10-21(29)15-24(26)32/h4-12,15-16,25H,2-3,13-14,17-18H2,1H3,(H,33,36)/t25-/m1/s1. The number of carbonyl (C=O) groups is 2. The van der Waals surface area contributed by atoms with Gasteiger partial charge in [0.2, 0.25) is 5.91 Å². The fourth-order valence-corrected chi connectivity index (χ4v) is 4.90. The number of amides is 2. The number of nitrogens with zero attached hydrogens (tertiary/aromatic N) is 1. The Morgan fingerprint density at radius 2 is 1.76 bits per heavy atom. The molecule has 0 aliphatic heterocycles. The summed E-state index contributed by atoms with van der Waals surface area (Å²) in [6.07, 6.45) is 2.11. The fraction of sp³-hybridized carbons (Fsp3) is 0.286. The van der Waals surface area contributed by atoms with E-state index >= 15 is 0 Å². The minimum Gasteiger partial charge on any atom is -0.482 e. The Balaban J connectivity index is 1.92. The van der Waals surface area contributed by atoms with Gasteiger partial charge in [0.1, 0.15) is 11.8 Å². The molecule has 0 aliphatic carbocycles. The van der Waals surface area contributed by atoms with Gasteiger partial charge in [-0.3, -0.25) is 9.59 Å². The smallest absolute Gasteiger partial charge is 0.261 e. The van der Waals surface area contributed by atoms with Gasteiger partial charge in [0.25, 0.3) is 5.91 Å². The molecule has 9 heteroatoms. The topological polar surface area (TPSA) is 58.6 Å². The molecule has 3 aromatic carbocycles. The highest BCUT2D eigenvalue weighted by molar-refractivity contribution is 9.10. The maximum absolute atomic E-state index is 13.6. The first kappa shape index (κ1) is 29.3. The fourth-order valence-electron chi connectivity index (χ4n) is 3.71. The lowest BCUT2D eigenvalue weighted by Gasteiger charge is -2.32. The molecule has 0 spiro atoms. The monoisotopic (exact) mass is 624 g/mol. The second-order valence-corrected chi connectivity index (χ2v) is 10.6. The molecule has 196 valence electrons. The molecule has 0 radical (unpaired) electrons. The van der Waals surface area contributed by atoms with Gasteiger partial charge in [0.15, 0.2) is 6.61 Å². The van der Waals surface area contributed by atoms with Crippen molar-refractivity contribution in [3.8, 4) is 5.75 Å². The van der Waals surface area contributed by atoms with Crippen LogP contribution in [0.1, 0.15) is 30.9 Å². The number of nitrogens with one attached hydrogen (secondary N) is 1. The number of halogens is 4. The molecule has 3 aromatic rings. The SMILES string of the molecule is CCCCNC(=O)[C@@H](Cc1ccccc1)N(Cc1ccc(Cl)cc1Cl)C(=O)COc1ccc(Br)cc1Cl. The molecule has 5 nitrogen and oxygen atoms in total. The highest BCUT2D eigenvalue weighted by Gasteiger charge is 2.31. The van der Waals surface area contributed by atoms with Crippen LogP contribution in [0, 0.1) is 0 Å². The van der Waals surface area contributed by atoms with E-state index in [2.05, 4.69) is 28.2 Å². The zero-order valence-electron chi connectivity index (χ0n) is 20.4. The van der Waals surface area contributed by atoms with Gasteiger partial charge in [-0.15, -0.1) is 0 Å². The molecule has 0 unspecified atom stereocenters. The minimum absolute atomic E-state index is 0.102. The van der Waals surface area contributed by atoms with E-state index < -0.39 is 6.04 Å². The predicted molar refractivity (Wildman–Crippen MR) is 154 cm³/mol. The third kappa shape index (κ3) is 8.92. The Kier molecular flexibility index (Phi) is 11.6. The van der Waals surface area contributed by atoms with Gasteiger partial charge in [-0.1, -0.05) is 100 Å². The third-order valence-electron chi connectivity index (χ3n) is 5.70. The summed E-state index contributed by atoms with van der Waals surface area (Å²) >= 11 is 22.2. The number of hydrogen-bond donors (Lipinski definition) is 1. The molecule has 0 heterocycles. The molecule has 0 aromatic heterocycles. The maximum atomic E-state index is 13.6. The lowest BCUT2D eigenvalue weighted by atomic mass is 10.0. The number of unbranched alkanes of at least 4 members (excludes halogenated alkanes) is 1. The molecule has 2 amide bonds. The van der Waals surface area contributed by atoms with Crippen molar-refractivity contribution in [3.05, 3.63) is 97.4 Å². The Labute approximate surface area is 241 Å². The molecule has 1 N–H and O–H groups in total. The van der Waals surface area contributed by atoms with Crippen LogP contribution >= 0.6 is 50.7 Å². The first-order chi connectivity index (χ1) is 17.8. The molecule has 0 saturated heterocycles. The normalized spacial score (nSPS) is 11.6. The summed E-state index contributed by atoms with van der Waals surface area (Å²) in [5.74, 6) is -0.247. The molecule has 1 atom stereocenters. The number of rotatable bonds is 12. The number of hydrogen-bond acceptors (Lipinski definition) is 3. The number of benzene rings is 3. The highest BCUT2D eigenvalue weighted by atomic mass is 79.9. The molecule has 0 aliphatic rings. The van der Waals surface area contributed by atoms with E-state index in [1.165, 1.54) is 4.90 Å². The number of ether oxygens (including phenoxy) is 1. The quantitative estimate of drug-likeness (QED) is 0.214. The summed E-state index contributed by atoms with van der Waals surface area (Å²) in [7, 11) is 0. The van der Waals surface area contributed by atoms with Crippen LogP contribution in [0.4, 0.5) is 0 Å². The summed E-state index contributed by atoms with van der Waals surface area (Å²) in [6.45, 7) is 2.37. The van der Waals surface area contributed by atoms with Crippen molar-refractivity contribution in [1.82, 2.24) is 10.2 Å². The second-order valence-electron chi connectivity index (χ2n) is 8.47. The highest BCUT2D eigenvalue weighted by Crippen LogP contribution is 2.28. The van der Waals surface area contributed by atoms with Crippen molar-refractivity contribution < 1.29 is 14.3 Å². The van der Waals surface area contributed by atoms with E-state index in [9.17, 15) is 9.59 Å². The second kappa shape index (κ2) is 14.6. The molecule has 0 saturated carbocycles. The largest absolute Gasteiger partial charge is 0.482 e. The average molecular weight is 627 g/mol. The van der Waals surface area contributed by atoms with Crippen molar-refractivity contribution in [3.63, 3.8) is 0 Å². The van der Waals surface area contributed by atoms with Crippen LogP contribution in [0.2, 0.25) is 15.1 Å². The molecule has 37 heavy (non-hydrogen) atoms. The first-order valence-electron chi connectivity index (χ1n) is 11.9. The minimum atomic E-state index is -0.789. The van der Waals surface area contributed by atoms with E-state index in [4.69, 9.17) is 39.5 Å². The van der Waals surface area contributed by atoms with Crippen molar-refractivity contribution in [1.29, 1.82) is 0 Å². The molecular formula is C28H28BrCl3N2O3. The van der Waals surface area contributed by atoms with Gasteiger partial charge >= 0.3 is 0 Å². The van der Waals surface area contributed by atoms with Gasteiger partial charge in [-0.25, -0.2) is 0 Å². The van der Waals surface area contributed by atoms with E-state index in [0.29, 0.717) is 39.3 Å². The molecule has 3 rings (SSSR count). The van der Waals surface area contributed by atoms with Crippen LogP contribution in [0.25, 0.3) is 0 Å². The molecule has 0 fully saturated rings. The van der Waals surface area contributed by atoms with E-state index in [1.54, 1.807) is 36.4 Å². The van der Waals surface area contributed by atoms with Crippen molar-refractivity contribution in [2.24, 2.45) is 0 Å². The summed E-state index contributed by atoms with van der Waals surface area (Å²) in [4.78, 5) is 28.6. The van der Waals surface area contributed by atoms with Crippen molar-refractivity contribution in [2.45, 2.75) is 38.8 Å². The summed E-state index contributed by atoms with van der Waals surface area (Å²) < 4.78 is 6.56. The van der Waals surface area contributed by atoms with Crippen LogP contribution < -0.4 is 10.1 Å². The van der Waals surface area contributed by atoms with Crippen LogP contribution in [-0.2, 0) is 22.6 Å². The van der Waals surface area contributed by atoms with Gasteiger partial charge in [0.05, 0.1) is 5.02 Å². The Bertz CT molecular complexity index is 1210. The maximum Gasteiger partial charge on any atom is 0.261 e. The van der Waals surface area contributed by atoms with Crippen LogP contribution in [0.5, 0.6) is 5.75 Å². The van der Waals surface area contributed by atoms with Crippen LogP contribution in [0.15, 0.2) is 71.2 Å². The first-order valence-corrected chi connectivity index (χ1v) is 13.8. The van der Waals surface area contributed by atoms with E-state index in [-0.39, 0.29) is 25.0 Å². The third-order valence-corrected chi connectivity index (χ3v) is 7.08. The summed E-state index contributed by atoms with van der Waals surface area (Å²) in [5.41, 5.74) is 1.59.